The van der Waals surface area contributed by atoms with Gasteiger partial charge in [-0.15, -0.1) is 0 Å². The summed E-state index contributed by atoms with van der Waals surface area (Å²) < 4.78 is 10.5. The van der Waals surface area contributed by atoms with Crippen LogP contribution < -0.4 is 0 Å². The Bertz CT molecular complexity index is 266. The number of rotatable bonds is 3. The number of aliphatic hydroxyl groups is 1. The predicted molar refractivity (Wildman–Crippen MR) is 45.1 cm³/mol. The molecule has 1 saturated heterocycles. The molecule has 1 fully saturated rings. The number of aromatic nitrogens is 1. The van der Waals surface area contributed by atoms with E-state index < -0.39 is 0 Å². The summed E-state index contributed by atoms with van der Waals surface area (Å²) in [5.41, 5.74) is 0.591. The molecule has 0 radical (unpaired) electrons. The van der Waals surface area contributed by atoms with Crippen LogP contribution in [0.1, 0.15) is 24.3 Å². The summed E-state index contributed by atoms with van der Waals surface area (Å²) >= 11 is 0. The first-order chi connectivity index (χ1) is 6.38. The lowest BCUT2D eigenvalue weighted by Gasteiger charge is -2.04. The van der Waals surface area contributed by atoms with Crippen molar-refractivity contribution in [1.29, 1.82) is 0 Å². The summed E-state index contributed by atoms with van der Waals surface area (Å²) in [5.74, 6) is 0.802. The van der Waals surface area contributed by atoms with Crippen molar-refractivity contribution in [3.05, 3.63) is 17.5 Å². The number of nitrogens with zero attached hydrogens (tertiary/aromatic N) is 1. The highest BCUT2D eigenvalue weighted by molar-refractivity contribution is 5.05. The average Bonchev–Trinajstić information content (AvgIpc) is 2.76. The molecule has 4 heteroatoms. The van der Waals surface area contributed by atoms with Gasteiger partial charge in [-0.05, 0) is 12.8 Å². The third kappa shape index (κ3) is 2.08. The highest BCUT2D eigenvalue weighted by Crippen LogP contribution is 2.17. The van der Waals surface area contributed by atoms with Crippen LogP contribution in [0.3, 0.4) is 0 Å². The van der Waals surface area contributed by atoms with Crippen LogP contribution in [-0.2, 0) is 17.8 Å². The highest BCUT2D eigenvalue weighted by Gasteiger charge is 2.18. The smallest absolute Gasteiger partial charge is 0.139 e. The normalized spacial score (nSPS) is 22.4. The van der Waals surface area contributed by atoms with Gasteiger partial charge in [-0.25, -0.2) is 0 Å². The van der Waals surface area contributed by atoms with E-state index >= 15 is 0 Å². The topological polar surface area (TPSA) is 55.5 Å². The number of hydrogen-bond acceptors (Lipinski definition) is 4. The molecule has 13 heavy (non-hydrogen) atoms. The van der Waals surface area contributed by atoms with Crippen LogP contribution in [0.25, 0.3) is 0 Å². The summed E-state index contributed by atoms with van der Waals surface area (Å²) in [5, 5.41) is 12.5. The van der Waals surface area contributed by atoms with Crippen LogP contribution >= 0.6 is 0 Å². The maximum absolute atomic E-state index is 8.76. The van der Waals surface area contributed by atoms with E-state index in [1.807, 2.05) is 0 Å². The molecule has 1 aromatic heterocycles. The summed E-state index contributed by atoms with van der Waals surface area (Å²) in [6.07, 6.45) is 3.27. The Kier molecular flexibility index (Phi) is 2.61. The van der Waals surface area contributed by atoms with Gasteiger partial charge in [-0.1, -0.05) is 5.16 Å². The van der Waals surface area contributed by atoms with E-state index in [9.17, 15) is 0 Å². The van der Waals surface area contributed by atoms with Gasteiger partial charge in [0, 0.05) is 19.1 Å². The summed E-state index contributed by atoms with van der Waals surface area (Å²) in [6.45, 7) is 0.792. The lowest BCUT2D eigenvalue weighted by molar-refractivity contribution is 0.105. The minimum absolute atomic E-state index is 0.0605. The van der Waals surface area contributed by atoms with Crippen LogP contribution in [0.2, 0.25) is 0 Å². The Morgan fingerprint density at radius 2 is 2.54 bits per heavy atom. The zero-order valence-corrected chi connectivity index (χ0v) is 7.40. The molecule has 0 saturated carbocycles. The maximum atomic E-state index is 8.76. The van der Waals surface area contributed by atoms with E-state index in [2.05, 4.69) is 5.16 Å². The van der Waals surface area contributed by atoms with Crippen LogP contribution in [0.15, 0.2) is 10.6 Å². The lowest BCUT2D eigenvalue weighted by atomic mass is 10.1. The van der Waals surface area contributed by atoms with Gasteiger partial charge in [0.25, 0.3) is 0 Å². The molecule has 1 atom stereocenters. The Morgan fingerprint density at radius 1 is 1.62 bits per heavy atom. The first kappa shape index (κ1) is 8.72. The minimum Gasteiger partial charge on any atom is -0.390 e. The molecule has 0 aliphatic carbocycles. The van der Waals surface area contributed by atoms with Gasteiger partial charge in [-0.2, -0.15) is 0 Å². The fourth-order valence-corrected chi connectivity index (χ4v) is 1.56. The van der Waals surface area contributed by atoms with E-state index in [0.717, 1.165) is 31.6 Å². The van der Waals surface area contributed by atoms with E-state index in [-0.39, 0.29) is 12.7 Å². The fraction of sp³-hybridized carbons (Fsp3) is 0.667. The van der Waals surface area contributed by atoms with E-state index in [1.165, 1.54) is 0 Å². The number of aliphatic hydroxyl groups excluding tert-OH is 1. The molecular formula is C9H13NO3. The minimum atomic E-state index is -0.0605. The lowest BCUT2D eigenvalue weighted by Crippen LogP contribution is -2.07. The molecule has 0 bridgehead atoms. The largest absolute Gasteiger partial charge is 0.390 e. The average molecular weight is 183 g/mol. The highest BCUT2D eigenvalue weighted by atomic mass is 16.5. The molecule has 0 aromatic carbocycles. The molecule has 1 aliphatic rings. The van der Waals surface area contributed by atoms with Crippen molar-refractivity contribution in [2.45, 2.75) is 32.0 Å². The van der Waals surface area contributed by atoms with E-state index in [1.54, 1.807) is 6.07 Å². The molecule has 1 unspecified atom stereocenters. The Hall–Kier alpha value is -0.870. The second-order valence-electron chi connectivity index (χ2n) is 3.28. The van der Waals surface area contributed by atoms with Gasteiger partial charge < -0.3 is 14.4 Å². The predicted octanol–water partition coefficient (Wildman–Crippen LogP) is 0.888. The SMILES string of the molecule is OCc1cc(CC2CCCO2)on1. The van der Waals surface area contributed by atoms with Crippen molar-refractivity contribution in [1.82, 2.24) is 5.16 Å². The van der Waals surface area contributed by atoms with E-state index in [4.69, 9.17) is 14.4 Å². The van der Waals surface area contributed by atoms with Crippen molar-refractivity contribution in [3.63, 3.8) is 0 Å². The van der Waals surface area contributed by atoms with Crippen LogP contribution in [0, 0.1) is 0 Å². The molecule has 4 nitrogen and oxygen atoms in total. The molecule has 1 N–H and O–H groups in total. The molecule has 72 valence electrons. The van der Waals surface area contributed by atoms with Crippen molar-refractivity contribution in [2.75, 3.05) is 6.61 Å². The fourth-order valence-electron chi connectivity index (χ4n) is 1.56. The first-order valence-corrected chi connectivity index (χ1v) is 4.55. The first-order valence-electron chi connectivity index (χ1n) is 4.55. The molecular weight excluding hydrogens is 170 g/mol. The van der Waals surface area contributed by atoms with Crippen LogP contribution in [0.4, 0.5) is 0 Å². The summed E-state index contributed by atoms with van der Waals surface area (Å²) in [6, 6.07) is 1.78. The van der Waals surface area contributed by atoms with Gasteiger partial charge >= 0.3 is 0 Å². The van der Waals surface area contributed by atoms with E-state index in [0.29, 0.717) is 5.69 Å². The van der Waals surface area contributed by atoms with Gasteiger partial charge in [0.1, 0.15) is 11.5 Å². The van der Waals surface area contributed by atoms with Crippen molar-refractivity contribution in [3.8, 4) is 0 Å². The Balaban J connectivity index is 1.92. The zero-order chi connectivity index (χ0) is 9.10. The zero-order valence-electron chi connectivity index (χ0n) is 7.40. The van der Waals surface area contributed by atoms with Gasteiger partial charge in [0.05, 0.1) is 12.7 Å². The third-order valence-electron chi connectivity index (χ3n) is 2.22. The third-order valence-corrected chi connectivity index (χ3v) is 2.22. The molecule has 2 heterocycles. The molecule has 2 rings (SSSR count). The van der Waals surface area contributed by atoms with Crippen LogP contribution in [0.5, 0.6) is 0 Å². The molecule has 0 amide bonds. The second-order valence-corrected chi connectivity index (χ2v) is 3.28. The molecule has 1 aliphatic heterocycles. The quantitative estimate of drug-likeness (QED) is 0.756. The van der Waals surface area contributed by atoms with Gasteiger partial charge in [0.2, 0.25) is 0 Å². The van der Waals surface area contributed by atoms with Crippen LogP contribution in [-0.4, -0.2) is 23.0 Å². The standard InChI is InChI=1S/C9H13NO3/c11-6-7-4-9(13-10-7)5-8-2-1-3-12-8/h4,8,11H,1-3,5-6H2. The van der Waals surface area contributed by atoms with Gasteiger partial charge in [0.15, 0.2) is 0 Å². The number of ether oxygens (including phenoxy) is 1. The monoisotopic (exact) mass is 183 g/mol. The summed E-state index contributed by atoms with van der Waals surface area (Å²) in [7, 11) is 0. The molecule has 1 aromatic rings. The van der Waals surface area contributed by atoms with Crippen molar-refractivity contribution in [2.24, 2.45) is 0 Å². The maximum Gasteiger partial charge on any atom is 0.139 e. The Labute approximate surface area is 76.5 Å². The molecule has 0 spiro atoms. The number of hydrogen-bond donors (Lipinski definition) is 1. The Morgan fingerprint density at radius 3 is 3.15 bits per heavy atom. The van der Waals surface area contributed by atoms with Gasteiger partial charge in [-0.3, -0.25) is 0 Å². The summed E-state index contributed by atoms with van der Waals surface area (Å²) in [4.78, 5) is 0. The second kappa shape index (κ2) is 3.89. The van der Waals surface area contributed by atoms with Crippen molar-refractivity contribution >= 4 is 0 Å². The van der Waals surface area contributed by atoms with Crippen molar-refractivity contribution < 1.29 is 14.4 Å².